The van der Waals surface area contributed by atoms with Gasteiger partial charge >= 0.3 is 0 Å². The third kappa shape index (κ3) is 3.28. The molecule has 0 saturated heterocycles. The molecule has 4 nitrogen and oxygen atoms in total. The van der Waals surface area contributed by atoms with Gasteiger partial charge in [0.05, 0.1) is 11.0 Å². The number of aliphatic hydroxyl groups is 1. The first-order valence-electron chi connectivity index (χ1n) is 5.69. The fourth-order valence-corrected chi connectivity index (χ4v) is 2.62. The van der Waals surface area contributed by atoms with Gasteiger partial charge in [-0.2, -0.15) is 8.42 Å². The fourth-order valence-electron chi connectivity index (χ4n) is 2.14. The molecule has 1 fully saturated rings. The van der Waals surface area contributed by atoms with Crippen LogP contribution < -0.4 is 0 Å². The lowest BCUT2D eigenvalue weighted by molar-refractivity contribution is 0.0393. The molecule has 0 bridgehead atoms. The van der Waals surface area contributed by atoms with Crippen molar-refractivity contribution in [3.8, 4) is 0 Å². The second kappa shape index (κ2) is 4.76. The van der Waals surface area contributed by atoms with Gasteiger partial charge in [0.25, 0.3) is 10.1 Å². The van der Waals surface area contributed by atoms with E-state index in [-0.39, 0.29) is 11.0 Å². The van der Waals surface area contributed by atoms with Crippen LogP contribution in [0.15, 0.2) is 29.2 Å². The molecule has 0 heterocycles. The lowest BCUT2D eigenvalue weighted by atomic mass is 9.79. The van der Waals surface area contributed by atoms with Crippen LogP contribution in [0.2, 0.25) is 0 Å². The lowest BCUT2D eigenvalue weighted by Gasteiger charge is -2.31. The predicted octanol–water partition coefficient (Wildman–Crippen LogP) is 1.64. The van der Waals surface area contributed by atoms with Crippen LogP contribution in [0.3, 0.4) is 0 Å². The van der Waals surface area contributed by atoms with Crippen molar-refractivity contribution in [1.29, 1.82) is 0 Å². The van der Waals surface area contributed by atoms with Crippen LogP contribution in [-0.4, -0.2) is 24.2 Å². The number of hydrogen-bond acceptors (Lipinski definition) is 3. The fraction of sp³-hybridized carbons (Fsp3) is 0.500. The largest absolute Gasteiger partial charge is 0.393 e. The summed E-state index contributed by atoms with van der Waals surface area (Å²) in [6.07, 6.45) is 3.53. The normalized spacial score (nSPS) is 24.4. The Bertz CT molecular complexity index is 472. The van der Waals surface area contributed by atoms with Gasteiger partial charge in [-0.15, -0.1) is 0 Å². The molecule has 1 aliphatic rings. The monoisotopic (exact) mass is 256 g/mol. The molecular formula is C12H16O4S. The number of aliphatic hydroxyl groups excluding tert-OH is 1. The highest BCUT2D eigenvalue weighted by atomic mass is 32.2. The molecule has 1 aliphatic carbocycles. The van der Waals surface area contributed by atoms with Gasteiger partial charge in [0.15, 0.2) is 0 Å². The van der Waals surface area contributed by atoms with Gasteiger partial charge in [0.1, 0.15) is 0 Å². The summed E-state index contributed by atoms with van der Waals surface area (Å²) < 4.78 is 30.5. The second-order valence-electron chi connectivity index (χ2n) is 4.65. The zero-order chi connectivity index (χ0) is 12.5. The van der Waals surface area contributed by atoms with E-state index in [1.54, 1.807) is 12.1 Å². The van der Waals surface area contributed by atoms with Crippen LogP contribution in [0.25, 0.3) is 0 Å². The summed E-state index contributed by atoms with van der Waals surface area (Å²) in [5.41, 5.74) is 1.05. The topological polar surface area (TPSA) is 74.6 Å². The number of hydrogen-bond donors (Lipinski definition) is 2. The van der Waals surface area contributed by atoms with Crippen molar-refractivity contribution in [3.05, 3.63) is 29.8 Å². The Kier molecular flexibility index (Phi) is 3.51. The maximum absolute atomic E-state index is 10.8. The summed E-state index contributed by atoms with van der Waals surface area (Å²) in [4.78, 5) is -0.0692. The average Bonchev–Trinajstić information content (AvgIpc) is 2.22. The van der Waals surface area contributed by atoms with Crippen molar-refractivity contribution < 1.29 is 18.1 Å². The lowest BCUT2D eigenvalue weighted by Crippen LogP contribution is -2.28. The summed E-state index contributed by atoms with van der Waals surface area (Å²) in [6, 6.07) is 6.27. The van der Waals surface area contributed by atoms with Crippen LogP contribution in [0.4, 0.5) is 0 Å². The number of rotatable bonds is 4. The molecule has 17 heavy (non-hydrogen) atoms. The van der Waals surface area contributed by atoms with Gasteiger partial charge < -0.3 is 5.11 Å². The second-order valence-corrected chi connectivity index (χ2v) is 6.07. The van der Waals surface area contributed by atoms with E-state index in [1.807, 2.05) is 0 Å². The highest BCUT2D eigenvalue weighted by Gasteiger charge is 2.26. The highest BCUT2D eigenvalue weighted by Crippen LogP contribution is 2.31. The quantitative estimate of drug-likeness (QED) is 0.803. The van der Waals surface area contributed by atoms with Crippen LogP contribution in [0, 0.1) is 5.92 Å². The molecule has 0 aromatic heterocycles. The van der Waals surface area contributed by atoms with Crippen LogP contribution in [0.1, 0.15) is 24.8 Å². The first-order chi connectivity index (χ1) is 7.95. The SMILES string of the molecule is O=S(=O)(O)c1ccc(CCC2CC(O)C2)cc1. The van der Waals surface area contributed by atoms with Crippen molar-refractivity contribution in [1.82, 2.24) is 0 Å². The van der Waals surface area contributed by atoms with Crippen LogP contribution >= 0.6 is 0 Å². The molecule has 1 saturated carbocycles. The third-order valence-corrected chi connectivity index (χ3v) is 4.14. The van der Waals surface area contributed by atoms with E-state index < -0.39 is 10.1 Å². The number of benzene rings is 1. The van der Waals surface area contributed by atoms with Crippen LogP contribution in [0.5, 0.6) is 0 Å². The Labute approximate surface area is 101 Å². The van der Waals surface area contributed by atoms with Crippen molar-refractivity contribution in [2.45, 2.75) is 36.7 Å². The molecule has 0 atom stereocenters. The molecule has 2 rings (SSSR count). The molecule has 1 aromatic rings. The summed E-state index contributed by atoms with van der Waals surface area (Å²) in [5, 5.41) is 9.15. The summed E-state index contributed by atoms with van der Waals surface area (Å²) in [5.74, 6) is 0.589. The molecule has 2 N–H and O–H groups in total. The first-order valence-corrected chi connectivity index (χ1v) is 7.13. The zero-order valence-electron chi connectivity index (χ0n) is 9.41. The van der Waals surface area contributed by atoms with Gasteiger partial charge in [0.2, 0.25) is 0 Å². The molecule has 5 heteroatoms. The van der Waals surface area contributed by atoms with E-state index in [2.05, 4.69) is 0 Å². The summed E-state index contributed by atoms with van der Waals surface area (Å²) in [6.45, 7) is 0. The minimum Gasteiger partial charge on any atom is -0.393 e. The molecular weight excluding hydrogens is 240 g/mol. The van der Waals surface area contributed by atoms with Crippen molar-refractivity contribution >= 4 is 10.1 Å². The summed E-state index contributed by atoms with van der Waals surface area (Å²) in [7, 11) is -4.08. The van der Waals surface area contributed by atoms with E-state index in [1.165, 1.54) is 12.1 Å². The third-order valence-electron chi connectivity index (χ3n) is 3.27. The first kappa shape index (κ1) is 12.5. The Morgan fingerprint density at radius 1 is 1.18 bits per heavy atom. The average molecular weight is 256 g/mol. The Morgan fingerprint density at radius 2 is 1.76 bits per heavy atom. The van der Waals surface area contributed by atoms with E-state index in [0.29, 0.717) is 5.92 Å². The van der Waals surface area contributed by atoms with E-state index in [4.69, 9.17) is 9.66 Å². The Balaban J connectivity index is 1.90. The van der Waals surface area contributed by atoms with Crippen molar-refractivity contribution in [2.75, 3.05) is 0 Å². The Morgan fingerprint density at radius 3 is 2.24 bits per heavy atom. The molecule has 94 valence electrons. The van der Waals surface area contributed by atoms with E-state index in [9.17, 15) is 8.42 Å². The zero-order valence-corrected chi connectivity index (χ0v) is 10.2. The van der Waals surface area contributed by atoms with Gasteiger partial charge in [-0.3, -0.25) is 4.55 Å². The van der Waals surface area contributed by atoms with Gasteiger partial charge in [0, 0.05) is 0 Å². The minimum atomic E-state index is -4.08. The molecule has 0 radical (unpaired) electrons. The van der Waals surface area contributed by atoms with Gasteiger partial charge in [-0.05, 0) is 49.3 Å². The summed E-state index contributed by atoms with van der Waals surface area (Å²) >= 11 is 0. The molecule has 1 aromatic carbocycles. The highest BCUT2D eigenvalue weighted by molar-refractivity contribution is 7.85. The van der Waals surface area contributed by atoms with Gasteiger partial charge in [-0.25, -0.2) is 0 Å². The van der Waals surface area contributed by atoms with Crippen LogP contribution in [-0.2, 0) is 16.5 Å². The maximum atomic E-state index is 10.8. The maximum Gasteiger partial charge on any atom is 0.294 e. The standard InChI is InChI=1S/C12H16O4S/c13-11-7-10(8-11)2-1-9-3-5-12(6-4-9)17(14,15)16/h3-6,10-11,13H,1-2,7-8H2,(H,14,15,16). The van der Waals surface area contributed by atoms with Crippen molar-refractivity contribution in [3.63, 3.8) is 0 Å². The smallest absolute Gasteiger partial charge is 0.294 e. The molecule has 0 amide bonds. The predicted molar refractivity (Wildman–Crippen MR) is 63.3 cm³/mol. The van der Waals surface area contributed by atoms with Gasteiger partial charge in [-0.1, -0.05) is 12.1 Å². The Hall–Kier alpha value is -0.910. The van der Waals surface area contributed by atoms with E-state index in [0.717, 1.165) is 31.2 Å². The van der Waals surface area contributed by atoms with Crippen molar-refractivity contribution in [2.24, 2.45) is 5.92 Å². The van der Waals surface area contributed by atoms with E-state index >= 15 is 0 Å². The molecule has 0 unspecified atom stereocenters. The number of aryl methyl sites for hydroxylation is 1. The molecule has 0 spiro atoms. The minimum absolute atomic E-state index is 0.0692. The molecule has 0 aliphatic heterocycles.